The molecule has 33 heavy (non-hydrogen) atoms. The monoisotopic (exact) mass is 452 g/mol. The second-order valence-corrected chi connectivity index (χ2v) is 9.41. The first kappa shape index (κ1) is 21.3. The second kappa shape index (κ2) is 8.41. The molecule has 0 spiro atoms. The predicted molar refractivity (Wildman–Crippen MR) is 135 cm³/mol. The molecule has 0 aliphatic carbocycles. The van der Waals surface area contributed by atoms with Crippen LogP contribution >= 0.6 is 11.8 Å². The van der Waals surface area contributed by atoms with E-state index in [1.807, 2.05) is 49.4 Å². The minimum Gasteiger partial charge on any atom is -0.317 e. The number of carbonyl (C=O) groups is 2. The molecule has 4 nitrogen and oxygen atoms in total. The van der Waals surface area contributed by atoms with Crippen molar-refractivity contribution < 1.29 is 9.59 Å². The van der Waals surface area contributed by atoms with Gasteiger partial charge in [0.25, 0.3) is 11.1 Å². The van der Waals surface area contributed by atoms with Crippen LogP contribution in [-0.2, 0) is 11.3 Å². The number of aromatic nitrogens is 1. The Labute approximate surface area is 197 Å². The fraction of sp³-hybridized carbons (Fsp3) is 0.143. The van der Waals surface area contributed by atoms with E-state index >= 15 is 0 Å². The predicted octanol–water partition coefficient (Wildman–Crippen LogP) is 6.79. The molecule has 5 heteroatoms. The summed E-state index contributed by atoms with van der Waals surface area (Å²) >= 11 is 1.01. The third-order valence-corrected chi connectivity index (χ3v) is 7.01. The van der Waals surface area contributed by atoms with Gasteiger partial charge in [0, 0.05) is 16.8 Å². The second-order valence-electron chi connectivity index (χ2n) is 8.41. The number of hydrogen-bond acceptors (Lipinski definition) is 3. The van der Waals surface area contributed by atoms with Crippen LogP contribution < -0.4 is 0 Å². The molecule has 0 radical (unpaired) electrons. The first-order valence-electron chi connectivity index (χ1n) is 10.9. The first-order valence-corrected chi connectivity index (χ1v) is 11.7. The number of benzene rings is 3. The van der Waals surface area contributed by atoms with Crippen LogP contribution in [0.4, 0.5) is 4.79 Å². The van der Waals surface area contributed by atoms with Crippen LogP contribution in [0.1, 0.15) is 28.1 Å². The standard InChI is InChI=1S/C28H24N2O2S/c1-18-11-13-21(14-12-18)17-29-27(31)26(33-28(29)32)16-23-15-19(2)30(20(23)3)25-10-6-8-22-7-4-5-9-24(22)25/h4-16H,17H2,1-3H3/b26-16-. The van der Waals surface area contributed by atoms with Gasteiger partial charge in [0.1, 0.15) is 0 Å². The smallest absolute Gasteiger partial charge is 0.293 e. The SMILES string of the molecule is Cc1ccc(CN2C(=O)S/C(=C\c3cc(C)n(-c4cccc5ccccc45)c3C)C2=O)cc1. The average molecular weight is 453 g/mol. The van der Waals surface area contributed by atoms with E-state index in [2.05, 4.69) is 54.8 Å². The third kappa shape index (κ3) is 3.89. The fourth-order valence-electron chi connectivity index (χ4n) is 4.36. The topological polar surface area (TPSA) is 42.3 Å². The minimum absolute atomic E-state index is 0.227. The largest absolute Gasteiger partial charge is 0.317 e. The molecular formula is C28H24N2O2S. The van der Waals surface area contributed by atoms with Crippen LogP contribution in [0.25, 0.3) is 22.5 Å². The average Bonchev–Trinajstić information content (AvgIpc) is 3.24. The van der Waals surface area contributed by atoms with Gasteiger partial charge >= 0.3 is 0 Å². The van der Waals surface area contributed by atoms with E-state index in [-0.39, 0.29) is 17.7 Å². The minimum atomic E-state index is -0.236. The van der Waals surface area contributed by atoms with Crippen LogP contribution in [-0.4, -0.2) is 20.6 Å². The lowest BCUT2D eigenvalue weighted by atomic mass is 10.1. The van der Waals surface area contributed by atoms with Crippen LogP contribution in [0.3, 0.4) is 0 Å². The van der Waals surface area contributed by atoms with Crippen molar-refractivity contribution in [2.45, 2.75) is 27.3 Å². The maximum Gasteiger partial charge on any atom is 0.293 e. The number of imide groups is 1. The molecule has 0 bridgehead atoms. The van der Waals surface area contributed by atoms with Gasteiger partial charge in [-0.1, -0.05) is 66.2 Å². The molecule has 4 aromatic rings. The molecule has 3 aromatic carbocycles. The van der Waals surface area contributed by atoms with E-state index in [1.54, 1.807) is 0 Å². The van der Waals surface area contributed by atoms with Gasteiger partial charge < -0.3 is 4.57 Å². The Morgan fingerprint density at radius 3 is 2.39 bits per heavy atom. The van der Waals surface area contributed by atoms with Gasteiger partial charge in [0.05, 0.1) is 17.1 Å². The molecule has 164 valence electrons. The maximum atomic E-state index is 13.0. The number of fused-ring (bicyclic) bond motifs is 1. The summed E-state index contributed by atoms with van der Waals surface area (Å²) in [5.41, 5.74) is 6.26. The van der Waals surface area contributed by atoms with Crippen molar-refractivity contribution in [3.63, 3.8) is 0 Å². The quantitative estimate of drug-likeness (QED) is 0.320. The van der Waals surface area contributed by atoms with E-state index in [4.69, 9.17) is 0 Å². The third-order valence-electron chi connectivity index (χ3n) is 6.10. The highest BCUT2D eigenvalue weighted by atomic mass is 32.2. The molecule has 1 aromatic heterocycles. The summed E-state index contributed by atoms with van der Waals surface area (Å²) in [5, 5.41) is 2.13. The van der Waals surface area contributed by atoms with Crippen LogP contribution in [0, 0.1) is 20.8 Å². The molecule has 5 rings (SSSR count). The zero-order valence-electron chi connectivity index (χ0n) is 18.8. The Morgan fingerprint density at radius 2 is 1.61 bits per heavy atom. The number of amides is 2. The number of carbonyl (C=O) groups excluding carboxylic acids is 2. The molecule has 1 saturated heterocycles. The molecule has 2 amide bonds. The molecule has 0 N–H and O–H groups in total. The highest BCUT2D eigenvalue weighted by molar-refractivity contribution is 8.18. The Balaban J connectivity index is 1.48. The molecule has 1 aliphatic heterocycles. The molecule has 0 saturated carbocycles. The Bertz CT molecular complexity index is 1430. The number of rotatable bonds is 4. The van der Waals surface area contributed by atoms with Gasteiger partial charge in [-0.05, 0) is 67.3 Å². The summed E-state index contributed by atoms with van der Waals surface area (Å²) < 4.78 is 2.21. The molecular weight excluding hydrogens is 428 g/mol. The number of thioether (sulfide) groups is 1. The maximum absolute atomic E-state index is 13.0. The van der Waals surface area contributed by atoms with Crippen LogP contribution in [0.2, 0.25) is 0 Å². The van der Waals surface area contributed by atoms with E-state index < -0.39 is 0 Å². The van der Waals surface area contributed by atoms with Crippen molar-refractivity contribution >= 4 is 39.8 Å². The van der Waals surface area contributed by atoms with Crippen molar-refractivity contribution in [1.82, 2.24) is 9.47 Å². The number of hydrogen-bond donors (Lipinski definition) is 0. The van der Waals surface area contributed by atoms with E-state index in [1.165, 1.54) is 15.7 Å². The Hall–Kier alpha value is -3.57. The van der Waals surface area contributed by atoms with E-state index in [0.717, 1.165) is 45.5 Å². The molecule has 1 aliphatic rings. The number of nitrogens with zero attached hydrogens (tertiary/aromatic N) is 2. The van der Waals surface area contributed by atoms with Gasteiger partial charge in [0.15, 0.2) is 0 Å². The lowest BCUT2D eigenvalue weighted by Crippen LogP contribution is -2.27. The molecule has 0 atom stereocenters. The van der Waals surface area contributed by atoms with Crippen LogP contribution in [0.15, 0.2) is 77.7 Å². The van der Waals surface area contributed by atoms with Gasteiger partial charge in [-0.2, -0.15) is 0 Å². The van der Waals surface area contributed by atoms with Gasteiger partial charge in [-0.15, -0.1) is 0 Å². The number of aryl methyl sites for hydroxylation is 2. The molecule has 1 fully saturated rings. The lowest BCUT2D eigenvalue weighted by molar-refractivity contribution is -0.123. The lowest BCUT2D eigenvalue weighted by Gasteiger charge is -2.13. The highest BCUT2D eigenvalue weighted by Crippen LogP contribution is 2.35. The highest BCUT2D eigenvalue weighted by Gasteiger charge is 2.35. The van der Waals surface area contributed by atoms with Gasteiger partial charge in [-0.3, -0.25) is 14.5 Å². The van der Waals surface area contributed by atoms with E-state index in [0.29, 0.717) is 4.91 Å². The zero-order valence-corrected chi connectivity index (χ0v) is 19.6. The van der Waals surface area contributed by atoms with Crippen molar-refractivity contribution in [1.29, 1.82) is 0 Å². The fourth-order valence-corrected chi connectivity index (χ4v) is 5.19. The zero-order chi connectivity index (χ0) is 23.1. The summed E-state index contributed by atoms with van der Waals surface area (Å²) in [4.78, 5) is 27.4. The first-order chi connectivity index (χ1) is 15.9. The molecule has 0 unspecified atom stereocenters. The summed E-state index contributed by atoms with van der Waals surface area (Å²) in [6.45, 7) is 6.42. The van der Waals surface area contributed by atoms with Gasteiger partial charge in [0.2, 0.25) is 0 Å². The summed E-state index contributed by atoms with van der Waals surface area (Å²) in [6.07, 6.45) is 1.85. The van der Waals surface area contributed by atoms with Crippen molar-refractivity contribution in [3.8, 4) is 5.69 Å². The Kier molecular flexibility index (Phi) is 5.43. The van der Waals surface area contributed by atoms with Crippen molar-refractivity contribution in [2.75, 3.05) is 0 Å². The summed E-state index contributed by atoms with van der Waals surface area (Å²) in [7, 11) is 0. The summed E-state index contributed by atoms with van der Waals surface area (Å²) in [5.74, 6) is -0.236. The van der Waals surface area contributed by atoms with Crippen molar-refractivity contribution in [2.24, 2.45) is 0 Å². The summed E-state index contributed by atoms with van der Waals surface area (Å²) in [6, 6.07) is 24.6. The van der Waals surface area contributed by atoms with Gasteiger partial charge in [-0.25, -0.2) is 0 Å². The molecule has 2 heterocycles. The van der Waals surface area contributed by atoms with Crippen LogP contribution in [0.5, 0.6) is 0 Å². The Morgan fingerprint density at radius 1 is 0.879 bits per heavy atom. The normalized spacial score (nSPS) is 15.2. The van der Waals surface area contributed by atoms with E-state index in [9.17, 15) is 9.59 Å². The van der Waals surface area contributed by atoms with Crippen molar-refractivity contribution in [3.05, 3.63) is 106 Å².